The summed E-state index contributed by atoms with van der Waals surface area (Å²) in [5.41, 5.74) is 1.10. The summed E-state index contributed by atoms with van der Waals surface area (Å²) in [6, 6.07) is 4.79. The molecular weight excluding hydrogens is 269 g/mol. The molecule has 1 aromatic rings. The van der Waals surface area contributed by atoms with Crippen LogP contribution in [0.3, 0.4) is 0 Å². The highest BCUT2D eigenvalue weighted by Gasteiger charge is 2.18. The topological polar surface area (TPSA) is 12.0 Å². The van der Waals surface area contributed by atoms with Gasteiger partial charge in [-0.15, -0.1) is 0 Å². The van der Waals surface area contributed by atoms with Crippen molar-refractivity contribution in [1.82, 2.24) is 5.32 Å². The van der Waals surface area contributed by atoms with Crippen molar-refractivity contribution in [2.24, 2.45) is 0 Å². The molecule has 16 heavy (non-hydrogen) atoms. The van der Waals surface area contributed by atoms with Crippen molar-refractivity contribution in [1.29, 1.82) is 0 Å². The second-order valence-electron chi connectivity index (χ2n) is 4.36. The van der Waals surface area contributed by atoms with E-state index in [1.807, 2.05) is 0 Å². The normalized spacial score (nSPS) is 11.8. The third kappa shape index (κ3) is 3.56. The first-order chi connectivity index (χ1) is 7.50. The molecular formula is C13H19BrFN. The summed E-state index contributed by atoms with van der Waals surface area (Å²) in [6.07, 6.45) is 2.13. The Bertz CT molecular complexity index is 348. The third-order valence-corrected chi connectivity index (χ3v) is 4.05. The van der Waals surface area contributed by atoms with Crippen LogP contribution in [-0.4, -0.2) is 5.54 Å². The standard InChI is InChI=1S/C13H19BrFN/c1-4-13(3,5-2)16-9-10-8-11(15)6-7-12(10)14/h6-8,16H,4-5,9H2,1-3H3. The number of benzene rings is 1. The number of hydrogen-bond donors (Lipinski definition) is 1. The Balaban J connectivity index is 2.70. The molecule has 0 fully saturated rings. The zero-order chi connectivity index (χ0) is 12.2. The monoisotopic (exact) mass is 287 g/mol. The fourth-order valence-corrected chi connectivity index (χ4v) is 1.87. The molecule has 0 saturated heterocycles. The first kappa shape index (κ1) is 13.7. The zero-order valence-corrected chi connectivity index (χ0v) is 11.7. The van der Waals surface area contributed by atoms with Gasteiger partial charge in [-0.1, -0.05) is 29.8 Å². The molecule has 0 aromatic heterocycles. The van der Waals surface area contributed by atoms with Gasteiger partial charge in [0.15, 0.2) is 0 Å². The van der Waals surface area contributed by atoms with E-state index in [1.165, 1.54) is 6.07 Å². The molecule has 1 N–H and O–H groups in total. The molecule has 0 amide bonds. The average molecular weight is 288 g/mol. The first-order valence-electron chi connectivity index (χ1n) is 5.69. The van der Waals surface area contributed by atoms with Gasteiger partial charge in [0.2, 0.25) is 0 Å². The maximum absolute atomic E-state index is 13.1. The summed E-state index contributed by atoms with van der Waals surface area (Å²) in [4.78, 5) is 0. The molecule has 1 aromatic carbocycles. The van der Waals surface area contributed by atoms with Crippen molar-refractivity contribution in [3.8, 4) is 0 Å². The number of halogens is 2. The summed E-state index contributed by atoms with van der Waals surface area (Å²) in [6.45, 7) is 7.21. The Morgan fingerprint density at radius 3 is 2.50 bits per heavy atom. The lowest BCUT2D eigenvalue weighted by Gasteiger charge is -2.28. The van der Waals surface area contributed by atoms with Gasteiger partial charge in [0.05, 0.1) is 0 Å². The molecule has 0 bridgehead atoms. The van der Waals surface area contributed by atoms with Crippen LogP contribution >= 0.6 is 15.9 Å². The largest absolute Gasteiger partial charge is 0.307 e. The van der Waals surface area contributed by atoms with Gasteiger partial charge in [0, 0.05) is 16.6 Å². The second-order valence-corrected chi connectivity index (χ2v) is 5.21. The van der Waals surface area contributed by atoms with Gasteiger partial charge in [0.1, 0.15) is 5.82 Å². The van der Waals surface area contributed by atoms with E-state index in [4.69, 9.17) is 0 Å². The minimum absolute atomic E-state index is 0.131. The predicted octanol–water partition coefficient (Wildman–Crippen LogP) is 4.26. The Morgan fingerprint density at radius 2 is 1.94 bits per heavy atom. The van der Waals surface area contributed by atoms with E-state index < -0.39 is 0 Å². The highest BCUT2D eigenvalue weighted by Crippen LogP contribution is 2.20. The summed E-state index contributed by atoms with van der Waals surface area (Å²) in [5, 5.41) is 3.48. The lowest BCUT2D eigenvalue weighted by atomic mass is 9.95. The predicted molar refractivity (Wildman–Crippen MR) is 69.9 cm³/mol. The van der Waals surface area contributed by atoms with Crippen LogP contribution in [0.2, 0.25) is 0 Å². The van der Waals surface area contributed by atoms with Crippen LogP contribution in [0.15, 0.2) is 22.7 Å². The van der Waals surface area contributed by atoms with Gasteiger partial charge < -0.3 is 5.32 Å². The molecule has 0 spiro atoms. The highest BCUT2D eigenvalue weighted by molar-refractivity contribution is 9.10. The van der Waals surface area contributed by atoms with Crippen molar-refractivity contribution in [3.05, 3.63) is 34.1 Å². The average Bonchev–Trinajstić information content (AvgIpc) is 2.30. The summed E-state index contributed by atoms with van der Waals surface area (Å²) in [7, 11) is 0. The van der Waals surface area contributed by atoms with E-state index in [2.05, 4.69) is 42.0 Å². The fourth-order valence-electron chi connectivity index (χ4n) is 1.49. The lowest BCUT2D eigenvalue weighted by Crippen LogP contribution is -2.40. The van der Waals surface area contributed by atoms with Crippen molar-refractivity contribution in [3.63, 3.8) is 0 Å². The van der Waals surface area contributed by atoms with Crippen LogP contribution in [0.4, 0.5) is 4.39 Å². The smallest absolute Gasteiger partial charge is 0.123 e. The van der Waals surface area contributed by atoms with Crippen molar-refractivity contribution in [2.75, 3.05) is 0 Å². The molecule has 0 saturated carbocycles. The quantitative estimate of drug-likeness (QED) is 0.853. The minimum Gasteiger partial charge on any atom is -0.307 e. The van der Waals surface area contributed by atoms with E-state index in [-0.39, 0.29) is 11.4 Å². The van der Waals surface area contributed by atoms with Crippen LogP contribution in [0.25, 0.3) is 0 Å². The first-order valence-corrected chi connectivity index (χ1v) is 6.49. The molecule has 90 valence electrons. The van der Waals surface area contributed by atoms with Crippen molar-refractivity contribution < 1.29 is 4.39 Å². The fraction of sp³-hybridized carbons (Fsp3) is 0.538. The van der Waals surface area contributed by atoms with E-state index in [0.717, 1.165) is 22.9 Å². The lowest BCUT2D eigenvalue weighted by molar-refractivity contribution is 0.329. The van der Waals surface area contributed by atoms with Gasteiger partial charge in [-0.3, -0.25) is 0 Å². The van der Waals surface area contributed by atoms with Gasteiger partial charge in [-0.2, -0.15) is 0 Å². The molecule has 0 atom stereocenters. The van der Waals surface area contributed by atoms with Crippen LogP contribution in [0.5, 0.6) is 0 Å². The van der Waals surface area contributed by atoms with Gasteiger partial charge in [-0.05, 0) is 43.5 Å². The Hall–Kier alpha value is -0.410. The maximum atomic E-state index is 13.1. The molecule has 0 aliphatic heterocycles. The van der Waals surface area contributed by atoms with E-state index in [1.54, 1.807) is 12.1 Å². The number of nitrogens with one attached hydrogen (secondary N) is 1. The zero-order valence-electron chi connectivity index (χ0n) is 10.1. The molecule has 0 aliphatic carbocycles. The molecule has 3 heteroatoms. The van der Waals surface area contributed by atoms with Gasteiger partial charge in [0.25, 0.3) is 0 Å². The Kier molecular flexibility index (Phi) is 4.93. The number of rotatable bonds is 5. The maximum Gasteiger partial charge on any atom is 0.123 e. The molecule has 1 nitrogen and oxygen atoms in total. The van der Waals surface area contributed by atoms with Crippen LogP contribution in [-0.2, 0) is 6.54 Å². The summed E-state index contributed by atoms with van der Waals surface area (Å²) < 4.78 is 14.0. The van der Waals surface area contributed by atoms with E-state index in [0.29, 0.717) is 6.54 Å². The van der Waals surface area contributed by atoms with E-state index >= 15 is 0 Å². The third-order valence-electron chi connectivity index (χ3n) is 3.27. The Labute approximate surface area is 106 Å². The second kappa shape index (κ2) is 5.78. The summed E-state index contributed by atoms with van der Waals surface area (Å²) in [5.74, 6) is -0.185. The van der Waals surface area contributed by atoms with Crippen LogP contribution in [0, 0.1) is 5.82 Å². The Morgan fingerprint density at radius 1 is 1.31 bits per heavy atom. The summed E-state index contributed by atoms with van der Waals surface area (Å²) >= 11 is 3.44. The van der Waals surface area contributed by atoms with Crippen LogP contribution < -0.4 is 5.32 Å². The van der Waals surface area contributed by atoms with Gasteiger partial charge in [-0.25, -0.2) is 4.39 Å². The molecule has 0 aliphatic rings. The number of hydrogen-bond acceptors (Lipinski definition) is 1. The molecule has 0 radical (unpaired) electrons. The van der Waals surface area contributed by atoms with Gasteiger partial charge >= 0.3 is 0 Å². The van der Waals surface area contributed by atoms with Crippen molar-refractivity contribution in [2.45, 2.75) is 45.7 Å². The minimum atomic E-state index is -0.185. The van der Waals surface area contributed by atoms with E-state index in [9.17, 15) is 4.39 Å². The SMILES string of the molecule is CCC(C)(CC)NCc1cc(F)ccc1Br. The molecule has 0 unspecified atom stereocenters. The molecule has 0 heterocycles. The highest BCUT2D eigenvalue weighted by atomic mass is 79.9. The van der Waals surface area contributed by atoms with Crippen LogP contribution in [0.1, 0.15) is 39.2 Å². The van der Waals surface area contributed by atoms with Crippen molar-refractivity contribution >= 4 is 15.9 Å². The molecule has 1 rings (SSSR count).